The van der Waals surface area contributed by atoms with Crippen LogP contribution < -0.4 is 15.0 Å². The molecular weight excluding hydrogens is 422 g/mol. The molecule has 1 aromatic heterocycles. The third kappa shape index (κ3) is 4.91. The maximum atomic E-state index is 12.7. The number of nitrogens with zero attached hydrogens (tertiary/aromatic N) is 4. The molecule has 0 radical (unpaired) electrons. The standard InChI is InChI=1S/C24H29N5O2S/c1-17-11-12-19(18(2)15-17)25-22(30)16-32-24-27-26-23(28-13-7-4-8-14-28)29(24)20-9-5-6-10-21(20)31-3/h5-6,9-12,15H,4,7-8,13-14,16H2,1-3H3,(H,25,30). The highest BCUT2D eigenvalue weighted by Crippen LogP contribution is 2.32. The minimum Gasteiger partial charge on any atom is -0.495 e. The van der Waals surface area contributed by atoms with E-state index in [-0.39, 0.29) is 11.7 Å². The summed E-state index contributed by atoms with van der Waals surface area (Å²) in [6, 6.07) is 13.8. The lowest BCUT2D eigenvalue weighted by Crippen LogP contribution is -2.31. The quantitative estimate of drug-likeness (QED) is 0.529. The predicted octanol–water partition coefficient (Wildman–Crippen LogP) is 4.61. The molecule has 0 atom stereocenters. The van der Waals surface area contributed by atoms with Crippen molar-refractivity contribution in [1.82, 2.24) is 14.8 Å². The average Bonchev–Trinajstić information content (AvgIpc) is 3.24. The first-order valence-electron chi connectivity index (χ1n) is 10.9. The van der Waals surface area contributed by atoms with E-state index in [0.717, 1.165) is 54.6 Å². The van der Waals surface area contributed by atoms with Crippen LogP contribution in [0.4, 0.5) is 11.6 Å². The van der Waals surface area contributed by atoms with Crippen LogP contribution in [0.15, 0.2) is 47.6 Å². The molecule has 8 heteroatoms. The van der Waals surface area contributed by atoms with Crippen molar-refractivity contribution < 1.29 is 9.53 Å². The first-order valence-corrected chi connectivity index (χ1v) is 11.9. The van der Waals surface area contributed by atoms with Gasteiger partial charge in [0.05, 0.1) is 18.6 Å². The van der Waals surface area contributed by atoms with Gasteiger partial charge in [-0.2, -0.15) is 0 Å². The van der Waals surface area contributed by atoms with Gasteiger partial charge in [-0.15, -0.1) is 10.2 Å². The number of aromatic nitrogens is 3. The fourth-order valence-corrected chi connectivity index (χ4v) is 4.69. The number of para-hydroxylation sites is 2. The predicted molar refractivity (Wildman–Crippen MR) is 129 cm³/mol. The van der Waals surface area contributed by atoms with Crippen LogP contribution in [0.3, 0.4) is 0 Å². The molecule has 168 valence electrons. The van der Waals surface area contributed by atoms with Crippen molar-refractivity contribution in [3.05, 3.63) is 53.6 Å². The number of thioether (sulfide) groups is 1. The Hall–Kier alpha value is -3.00. The van der Waals surface area contributed by atoms with E-state index < -0.39 is 0 Å². The number of carbonyl (C=O) groups is 1. The van der Waals surface area contributed by atoms with E-state index in [1.165, 1.54) is 23.7 Å². The zero-order valence-corrected chi connectivity index (χ0v) is 19.6. The molecule has 1 saturated heterocycles. The van der Waals surface area contributed by atoms with Crippen LogP contribution in [0.1, 0.15) is 30.4 Å². The number of ether oxygens (including phenoxy) is 1. The van der Waals surface area contributed by atoms with Gasteiger partial charge in [0.25, 0.3) is 0 Å². The molecule has 32 heavy (non-hydrogen) atoms. The summed E-state index contributed by atoms with van der Waals surface area (Å²) in [6.45, 7) is 5.94. The molecule has 4 rings (SSSR count). The second-order valence-electron chi connectivity index (χ2n) is 7.99. The molecule has 0 aliphatic carbocycles. The number of benzene rings is 2. The molecule has 0 spiro atoms. The normalized spacial score (nSPS) is 13.8. The lowest BCUT2D eigenvalue weighted by atomic mass is 10.1. The van der Waals surface area contributed by atoms with Crippen molar-refractivity contribution in [3.63, 3.8) is 0 Å². The highest BCUT2D eigenvalue weighted by atomic mass is 32.2. The molecule has 7 nitrogen and oxygen atoms in total. The van der Waals surface area contributed by atoms with E-state index in [1.54, 1.807) is 7.11 Å². The maximum Gasteiger partial charge on any atom is 0.234 e. The van der Waals surface area contributed by atoms with Gasteiger partial charge < -0.3 is 15.0 Å². The summed E-state index contributed by atoms with van der Waals surface area (Å²) in [6.07, 6.45) is 3.51. The molecule has 1 aliphatic heterocycles. The molecule has 1 amide bonds. The van der Waals surface area contributed by atoms with Crippen LogP contribution in [0.2, 0.25) is 0 Å². The van der Waals surface area contributed by atoms with Crippen LogP contribution in [-0.2, 0) is 4.79 Å². The third-order valence-corrected chi connectivity index (χ3v) is 6.50. The number of carbonyl (C=O) groups excluding carboxylic acids is 1. The molecule has 0 saturated carbocycles. The molecule has 0 unspecified atom stereocenters. The minimum atomic E-state index is -0.0731. The smallest absolute Gasteiger partial charge is 0.234 e. The second-order valence-corrected chi connectivity index (χ2v) is 8.94. The van der Waals surface area contributed by atoms with Crippen molar-refractivity contribution in [3.8, 4) is 11.4 Å². The summed E-state index contributed by atoms with van der Waals surface area (Å²) in [5, 5.41) is 12.6. The lowest BCUT2D eigenvalue weighted by Gasteiger charge is -2.28. The number of hydrogen-bond acceptors (Lipinski definition) is 6. The van der Waals surface area contributed by atoms with Gasteiger partial charge in [0.1, 0.15) is 5.75 Å². The molecule has 2 aromatic carbocycles. The molecule has 2 heterocycles. The maximum absolute atomic E-state index is 12.7. The summed E-state index contributed by atoms with van der Waals surface area (Å²) >= 11 is 1.38. The Morgan fingerprint density at radius 3 is 2.62 bits per heavy atom. The number of amides is 1. The summed E-state index contributed by atoms with van der Waals surface area (Å²) in [7, 11) is 1.66. The topological polar surface area (TPSA) is 72.3 Å². The zero-order valence-electron chi connectivity index (χ0n) is 18.8. The number of anilines is 2. The fourth-order valence-electron chi connectivity index (χ4n) is 3.95. The van der Waals surface area contributed by atoms with Crippen LogP contribution in [0, 0.1) is 13.8 Å². The van der Waals surface area contributed by atoms with Gasteiger partial charge >= 0.3 is 0 Å². The van der Waals surface area contributed by atoms with Gasteiger partial charge in [-0.1, -0.05) is 41.6 Å². The second kappa shape index (κ2) is 10.1. The average molecular weight is 452 g/mol. The minimum absolute atomic E-state index is 0.0731. The van der Waals surface area contributed by atoms with Crippen LogP contribution >= 0.6 is 11.8 Å². The van der Waals surface area contributed by atoms with E-state index in [2.05, 4.69) is 26.5 Å². The number of piperidine rings is 1. The molecule has 1 aliphatic rings. The highest BCUT2D eigenvalue weighted by molar-refractivity contribution is 7.99. The van der Waals surface area contributed by atoms with Crippen LogP contribution in [0.5, 0.6) is 5.75 Å². The van der Waals surface area contributed by atoms with Crippen molar-refractivity contribution in [2.45, 2.75) is 38.3 Å². The Morgan fingerprint density at radius 2 is 1.88 bits per heavy atom. The molecule has 1 fully saturated rings. The van der Waals surface area contributed by atoms with Crippen molar-refractivity contribution >= 4 is 29.3 Å². The van der Waals surface area contributed by atoms with E-state index in [4.69, 9.17) is 4.74 Å². The van der Waals surface area contributed by atoms with E-state index >= 15 is 0 Å². The Labute approximate surface area is 193 Å². The fraction of sp³-hybridized carbons (Fsp3) is 0.375. The third-order valence-electron chi connectivity index (χ3n) is 5.57. The van der Waals surface area contributed by atoms with Crippen molar-refractivity contribution in [2.75, 3.05) is 36.2 Å². The Kier molecular flexibility index (Phi) is 6.99. The Morgan fingerprint density at radius 1 is 1.09 bits per heavy atom. The van der Waals surface area contributed by atoms with Crippen LogP contribution in [0.25, 0.3) is 5.69 Å². The Balaban J connectivity index is 1.58. The van der Waals surface area contributed by atoms with Gasteiger partial charge in [-0.05, 0) is 56.9 Å². The van der Waals surface area contributed by atoms with E-state index in [1.807, 2.05) is 54.8 Å². The summed E-state index contributed by atoms with van der Waals surface area (Å²) in [5.74, 6) is 1.70. The zero-order chi connectivity index (χ0) is 22.5. The molecular formula is C24H29N5O2S. The number of methoxy groups -OCH3 is 1. The van der Waals surface area contributed by atoms with Gasteiger partial charge in [0.15, 0.2) is 5.16 Å². The molecule has 1 N–H and O–H groups in total. The number of nitrogens with one attached hydrogen (secondary N) is 1. The molecule has 0 bridgehead atoms. The van der Waals surface area contributed by atoms with Gasteiger partial charge in [-0.25, -0.2) is 0 Å². The largest absolute Gasteiger partial charge is 0.495 e. The van der Waals surface area contributed by atoms with Gasteiger partial charge in [0, 0.05) is 18.8 Å². The van der Waals surface area contributed by atoms with Gasteiger partial charge in [-0.3, -0.25) is 9.36 Å². The van der Waals surface area contributed by atoms with E-state index in [9.17, 15) is 4.79 Å². The number of hydrogen-bond donors (Lipinski definition) is 1. The summed E-state index contributed by atoms with van der Waals surface area (Å²) in [5.41, 5.74) is 3.93. The van der Waals surface area contributed by atoms with E-state index in [0.29, 0.717) is 5.16 Å². The first-order chi connectivity index (χ1) is 15.6. The summed E-state index contributed by atoms with van der Waals surface area (Å²) < 4.78 is 7.62. The number of rotatable bonds is 7. The number of aryl methyl sites for hydroxylation is 2. The first kappa shape index (κ1) is 22.2. The SMILES string of the molecule is COc1ccccc1-n1c(SCC(=O)Nc2ccc(C)cc2C)nnc1N1CCCCC1. The lowest BCUT2D eigenvalue weighted by molar-refractivity contribution is -0.113. The van der Waals surface area contributed by atoms with Crippen LogP contribution in [-0.4, -0.2) is 46.6 Å². The molecule has 3 aromatic rings. The summed E-state index contributed by atoms with van der Waals surface area (Å²) in [4.78, 5) is 14.9. The van der Waals surface area contributed by atoms with Gasteiger partial charge in [0.2, 0.25) is 11.9 Å². The van der Waals surface area contributed by atoms with Crippen molar-refractivity contribution in [2.24, 2.45) is 0 Å². The Bertz CT molecular complexity index is 1090. The van der Waals surface area contributed by atoms with Crippen molar-refractivity contribution in [1.29, 1.82) is 0 Å². The monoisotopic (exact) mass is 451 g/mol. The highest BCUT2D eigenvalue weighted by Gasteiger charge is 2.23.